The molecule has 0 spiro atoms. The highest BCUT2D eigenvalue weighted by atomic mass is 32.2. The Morgan fingerprint density at radius 2 is 1.68 bits per heavy atom. The highest BCUT2D eigenvalue weighted by Gasteiger charge is 2.37. The summed E-state index contributed by atoms with van der Waals surface area (Å²) in [5, 5.41) is 10.1. The Morgan fingerprint density at radius 3 is 2.18 bits per heavy atom. The molecule has 3 atom stereocenters. The molecule has 0 heterocycles. The molecule has 0 saturated heterocycles. The molecule has 28 heavy (non-hydrogen) atoms. The largest absolute Gasteiger partial charge is 0.511 e. The van der Waals surface area contributed by atoms with Gasteiger partial charge in [-0.25, -0.2) is 13.8 Å². The molecular formula is C15H28O11S2. The third kappa shape index (κ3) is 11.5. The lowest BCUT2D eigenvalue weighted by Gasteiger charge is -2.29. The summed E-state index contributed by atoms with van der Waals surface area (Å²) in [6.45, 7) is 6.64. The van der Waals surface area contributed by atoms with E-state index >= 15 is 0 Å². The minimum absolute atomic E-state index is 0.0855. The molecule has 0 fully saturated rings. The smallest absolute Gasteiger partial charge is 0.431 e. The Labute approximate surface area is 167 Å². The third-order valence-electron chi connectivity index (χ3n) is 3.16. The number of hydrogen-bond donors (Lipinski definition) is 2. The molecular weight excluding hydrogens is 420 g/mol. The molecule has 0 aromatic rings. The van der Waals surface area contributed by atoms with Crippen LogP contribution in [-0.4, -0.2) is 71.0 Å². The van der Waals surface area contributed by atoms with Crippen LogP contribution in [0.1, 0.15) is 41.0 Å². The summed E-state index contributed by atoms with van der Waals surface area (Å²) < 4.78 is 61.7. The van der Waals surface area contributed by atoms with Gasteiger partial charge in [0.15, 0.2) is 17.2 Å². The maximum atomic E-state index is 12.0. The minimum atomic E-state index is -4.01. The van der Waals surface area contributed by atoms with Crippen LogP contribution in [0.25, 0.3) is 0 Å². The van der Waals surface area contributed by atoms with Gasteiger partial charge < -0.3 is 23.9 Å². The number of rotatable bonds is 12. The second-order valence-electron chi connectivity index (χ2n) is 6.83. The molecule has 0 aliphatic heterocycles. The lowest BCUT2D eigenvalue weighted by atomic mass is 9.88. The van der Waals surface area contributed by atoms with Crippen LogP contribution < -0.4 is 0 Å². The summed E-state index contributed by atoms with van der Waals surface area (Å²) >= 11 is -2.11. The number of aliphatic hydroxyl groups is 1. The number of carbonyl (C=O) groups is 2. The average Bonchev–Trinajstić information content (AvgIpc) is 2.50. The monoisotopic (exact) mass is 448 g/mol. The van der Waals surface area contributed by atoms with Crippen LogP contribution in [0.5, 0.6) is 0 Å². The van der Waals surface area contributed by atoms with Crippen LogP contribution in [0.15, 0.2) is 0 Å². The van der Waals surface area contributed by atoms with E-state index in [4.69, 9.17) is 18.2 Å². The third-order valence-corrected chi connectivity index (χ3v) is 5.07. The van der Waals surface area contributed by atoms with Crippen LogP contribution in [0, 0.1) is 5.41 Å². The van der Waals surface area contributed by atoms with Crippen molar-refractivity contribution in [2.45, 2.75) is 59.5 Å². The highest BCUT2D eigenvalue weighted by Crippen LogP contribution is 2.24. The van der Waals surface area contributed by atoms with E-state index in [-0.39, 0.29) is 12.2 Å². The minimum Gasteiger partial charge on any atom is -0.431 e. The first-order valence-electron chi connectivity index (χ1n) is 8.36. The number of carbonyl (C=O) groups excluding carboxylic acids is 2. The summed E-state index contributed by atoms with van der Waals surface area (Å²) in [5.74, 6) is -1.86. The number of esters is 1. The van der Waals surface area contributed by atoms with Crippen molar-refractivity contribution in [3.63, 3.8) is 0 Å². The van der Waals surface area contributed by atoms with Gasteiger partial charge in [0.2, 0.25) is 6.29 Å². The van der Waals surface area contributed by atoms with Gasteiger partial charge in [0.05, 0.1) is 24.2 Å². The van der Waals surface area contributed by atoms with Crippen molar-refractivity contribution in [2.75, 3.05) is 18.1 Å². The van der Waals surface area contributed by atoms with Crippen molar-refractivity contribution in [1.82, 2.24) is 0 Å². The molecule has 0 amide bonds. The molecule has 13 heteroatoms. The van der Waals surface area contributed by atoms with Gasteiger partial charge in [0, 0.05) is 12.3 Å². The molecule has 0 aromatic carbocycles. The molecule has 0 rings (SSSR count). The fourth-order valence-corrected chi connectivity index (χ4v) is 3.34. The Balaban J connectivity index is 4.62. The van der Waals surface area contributed by atoms with E-state index in [0.29, 0.717) is 0 Å². The van der Waals surface area contributed by atoms with Crippen molar-refractivity contribution in [1.29, 1.82) is 0 Å². The zero-order valence-electron chi connectivity index (χ0n) is 16.4. The normalized spacial score (nSPS) is 15.6. The molecule has 0 aliphatic carbocycles. The second-order valence-corrected chi connectivity index (χ2v) is 9.64. The lowest BCUT2D eigenvalue weighted by molar-refractivity contribution is -0.184. The van der Waals surface area contributed by atoms with Gasteiger partial charge >= 0.3 is 12.1 Å². The first kappa shape index (κ1) is 26.7. The summed E-state index contributed by atoms with van der Waals surface area (Å²) in [6.07, 6.45) is -4.69. The maximum absolute atomic E-state index is 12.0. The van der Waals surface area contributed by atoms with E-state index in [2.05, 4.69) is 4.74 Å². The lowest BCUT2D eigenvalue weighted by Crippen LogP contribution is -2.43. The Hall–Kier alpha value is -1.28. The van der Waals surface area contributed by atoms with Crippen molar-refractivity contribution in [3.8, 4) is 0 Å². The van der Waals surface area contributed by atoms with Crippen molar-refractivity contribution in [2.24, 2.45) is 5.41 Å². The average molecular weight is 449 g/mol. The molecule has 0 radical (unpaired) electrons. The van der Waals surface area contributed by atoms with Gasteiger partial charge in [-0.05, 0) is 20.3 Å². The van der Waals surface area contributed by atoms with Gasteiger partial charge in [-0.15, -0.1) is 0 Å². The Kier molecular flexibility index (Phi) is 11.1. The predicted octanol–water partition coefficient (Wildman–Crippen LogP) is 0.783. The van der Waals surface area contributed by atoms with Crippen LogP contribution in [0.4, 0.5) is 4.79 Å². The van der Waals surface area contributed by atoms with E-state index in [0.717, 1.165) is 0 Å². The predicted molar refractivity (Wildman–Crippen MR) is 98.0 cm³/mol. The van der Waals surface area contributed by atoms with Crippen LogP contribution in [0.3, 0.4) is 0 Å². The maximum Gasteiger partial charge on any atom is 0.511 e. The molecule has 2 unspecified atom stereocenters. The van der Waals surface area contributed by atoms with Crippen LogP contribution in [0.2, 0.25) is 0 Å². The Morgan fingerprint density at radius 1 is 1.11 bits per heavy atom. The molecule has 2 N–H and O–H groups in total. The van der Waals surface area contributed by atoms with E-state index in [9.17, 15) is 27.3 Å². The SMILES string of the molecule is CC(C)OC(=O)OC(C)OC(=O)[C@@H](O)C(C)(C)COS(=O)(=O)CCCS(=O)O. The molecule has 0 bridgehead atoms. The summed E-state index contributed by atoms with van der Waals surface area (Å²) in [5.41, 5.74) is -1.36. The molecule has 11 nitrogen and oxygen atoms in total. The van der Waals surface area contributed by atoms with Gasteiger partial charge in [-0.2, -0.15) is 8.42 Å². The molecule has 0 aliphatic rings. The van der Waals surface area contributed by atoms with Crippen molar-refractivity contribution in [3.05, 3.63) is 0 Å². The number of aliphatic hydroxyl groups excluding tert-OH is 1. The quantitative estimate of drug-likeness (QED) is 0.188. The van der Waals surface area contributed by atoms with E-state index < -0.39 is 69.6 Å². The standard InChI is InChI=1S/C15H28O11S2/c1-10(2)24-14(18)26-11(3)25-13(17)12(16)15(4,5)9-23-28(21,22)8-6-7-27(19)20/h10-12,16H,6-9H2,1-5H3,(H,19,20)/t11?,12-/m1/s1. The fourth-order valence-electron chi connectivity index (χ4n) is 1.67. The van der Waals surface area contributed by atoms with E-state index in [1.54, 1.807) is 13.8 Å². The van der Waals surface area contributed by atoms with Gasteiger partial charge in [0.25, 0.3) is 10.1 Å². The summed E-state index contributed by atoms with van der Waals surface area (Å²) in [7, 11) is -4.01. The highest BCUT2D eigenvalue weighted by molar-refractivity contribution is 7.86. The summed E-state index contributed by atoms with van der Waals surface area (Å²) in [6, 6.07) is 0. The van der Waals surface area contributed by atoms with Crippen LogP contribution in [-0.2, 0) is 44.4 Å². The zero-order chi connectivity index (χ0) is 22.1. The first-order chi connectivity index (χ1) is 12.7. The van der Waals surface area contributed by atoms with E-state index in [1.807, 2.05) is 0 Å². The van der Waals surface area contributed by atoms with Crippen molar-refractivity contribution < 1.29 is 50.3 Å². The first-order valence-corrected chi connectivity index (χ1v) is 11.2. The topological polar surface area (TPSA) is 163 Å². The van der Waals surface area contributed by atoms with Crippen molar-refractivity contribution >= 4 is 33.3 Å². The van der Waals surface area contributed by atoms with Crippen LogP contribution >= 0.6 is 0 Å². The second kappa shape index (κ2) is 11.7. The number of ether oxygens (including phenoxy) is 3. The molecule has 0 aromatic heterocycles. The molecule has 0 saturated carbocycles. The molecule has 166 valence electrons. The van der Waals surface area contributed by atoms with E-state index in [1.165, 1.54) is 20.8 Å². The summed E-state index contributed by atoms with van der Waals surface area (Å²) in [4.78, 5) is 23.3. The van der Waals surface area contributed by atoms with Gasteiger partial charge in [-0.3, -0.25) is 4.18 Å². The number of hydrogen-bond acceptors (Lipinski definition) is 10. The fraction of sp³-hybridized carbons (Fsp3) is 0.867. The zero-order valence-corrected chi connectivity index (χ0v) is 18.1. The van der Waals surface area contributed by atoms with Gasteiger partial charge in [-0.1, -0.05) is 13.8 Å². The Bertz CT molecular complexity index is 642. The van der Waals surface area contributed by atoms with Gasteiger partial charge in [0.1, 0.15) is 0 Å².